The van der Waals surface area contributed by atoms with Gasteiger partial charge in [0.25, 0.3) is 0 Å². The lowest BCUT2D eigenvalue weighted by Gasteiger charge is -2.36. The zero-order valence-electron chi connectivity index (χ0n) is 14.4. The number of hydrogen-bond donors (Lipinski definition) is 3. The molecule has 140 valence electrons. The van der Waals surface area contributed by atoms with Gasteiger partial charge in [0.2, 0.25) is 0 Å². The van der Waals surface area contributed by atoms with Gasteiger partial charge in [-0.05, 0) is 66.1 Å². The van der Waals surface area contributed by atoms with Crippen LogP contribution in [-0.4, -0.2) is 17.6 Å². The molecule has 0 unspecified atom stereocenters. The summed E-state index contributed by atoms with van der Waals surface area (Å²) in [4.78, 5) is 13.9. The van der Waals surface area contributed by atoms with Crippen molar-refractivity contribution in [3.8, 4) is 11.3 Å². The number of primary amides is 1. The van der Waals surface area contributed by atoms with E-state index in [4.69, 9.17) is 5.73 Å². The minimum absolute atomic E-state index is 0.0830. The van der Waals surface area contributed by atoms with E-state index in [1.54, 1.807) is 12.1 Å². The number of carbonyl (C=O) groups is 1. The van der Waals surface area contributed by atoms with E-state index in [2.05, 4.69) is 10.3 Å². The monoisotopic (exact) mass is 373 g/mol. The zero-order valence-corrected chi connectivity index (χ0v) is 14.4. The number of urea groups is 1. The van der Waals surface area contributed by atoms with Gasteiger partial charge in [0.1, 0.15) is 17.5 Å². The molecule has 0 atom stereocenters. The third kappa shape index (κ3) is 3.25. The number of nitrogens with one attached hydrogen (secondary N) is 2. The third-order valence-electron chi connectivity index (χ3n) is 5.21. The van der Waals surface area contributed by atoms with Crippen LogP contribution in [0.15, 0.2) is 36.4 Å². The predicted molar refractivity (Wildman–Crippen MR) is 96.7 cm³/mol. The van der Waals surface area contributed by atoms with Crippen LogP contribution < -0.4 is 11.1 Å². The molecule has 2 aromatic carbocycles. The number of benzene rings is 2. The Morgan fingerprint density at radius 3 is 2.48 bits per heavy atom. The van der Waals surface area contributed by atoms with Crippen molar-refractivity contribution in [2.75, 3.05) is 6.54 Å². The lowest BCUT2D eigenvalue weighted by molar-refractivity contribution is 0.231. The quantitative estimate of drug-likeness (QED) is 0.623. The van der Waals surface area contributed by atoms with Gasteiger partial charge in [0, 0.05) is 18.0 Å². The summed E-state index contributed by atoms with van der Waals surface area (Å²) in [6.07, 6.45) is 1.53. The van der Waals surface area contributed by atoms with E-state index < -0.39 is 17.7 Å². The van der Waals surface area contributed by atoms with Crippen molar-refractivity contribution in [2.24, 2.45) is 11.7 Å². The molecule has 1 aliphatic carbocycles. The topological polar surface area (TPSA) is 70.9 Å². The number of fused-ring (bicyclic) bond motifs is 1. The highest BCUT2D eigenvalue weighted by atomic mass is 19.1. The van der Waals surface area contributed by atoms with E-state index in [0.29, 0.717) is 23.2 Å². The highest BCUT2D eigenvalue weighted by Gasteiger charge is 2.34. The average molecular weight is 373 g/mol. The third-order valence-corrected chi connectivity index (χ3v) is 5.21. The van der Waals surface area contributed by atoms with Gasteiger partial charge in [-0.15, -0.1) is 0 Å². The first-order chi connectivity index (χ1) is 12.9. The highest BCUT2D eigenvalue weighted by Crippen LogP contribution is 2.48. The number of hydrogen-bond acceptors (Lipinski definition) is 1. The van der Waals surface area contributed by atoms with Crippen molar-refractivity contribution in [3.05, 3.63) is 59.4 Å². The van der Waals surface area contributed by atoms with Crippen LogP contribution in [0.1, 0.15) is 24.3 Å². The van der Waals surface area contributed by atoms with Crippen molar-refractivity contribution in [1.29, 1.82) is 0 Å². The molecule has 3 aromatic rings. The number of halogens is 3. The number of carbonyl (C=O) groups excluding carboxylic acids is 1. The van der Waals surface area contributed by atoms with Crippen LogP contribution in [0.2, 0.25) is 0 Å². The molecule has 2 amide bonds. The molecular formula is C20H18F3N3O. The number of nitrogens with two attached hydrogens (primary N) is 1. The van der Waals surface area contributed by atoms with Gasteiger partial charge < -0.3 is 16.0 Å². The molecule has 0 spiro atoms. The Labute approximate surface area is 153 Å². The highest BCUT2D eigenvalue weighted by molar-refractivity contribution is 5.92. The molecule has 0 bridgehead atoms. The van der Waals surface area contributed by atoms with Gasteiger partial charge in [-0.2, -0.15) is 0 Å². The average Bonchev–Trinajstić information content (AvgIpc) is 2.93. The van der Waals surface area contributed by atoms with Gasteiger partial charge in [-0.25, -0.2) is 18.0 Å². The first-order valence-corrected chi connectivity index (χ1v) is 8.72. The molecule has 1 fully saturated rings. The van der Waals surface area contributed by atoms with Crippen molar-refractivity contribution in [3.63, 3.8) is 0 Å². The number of H-pyrrole nitrogens is 1. The molecule has 4 N–H and O–H groups in total. The number of aromatic nitrogens is 1. The van der Waals surface area contributed by atoms with Crippen LogP contribution in [0, 0.1) is 23.4 Å². The summed E-state index contributed by atoms with van der Waals surface area (Å²) in [5, 5.41) is 3.09. The Hall–Kier alpha value is -2.96. The molecule has 0 saturated heterocycles. The Morgan fingerprint density at radius 1 is 1.11 bits per heavy atom. The first kappa shape index (κ1) is 17.5. The molecule has 1 aliphatic rings. The van der Waals surface area contributed by atoms with Crippen LogP contribution in [0.4, 0.5) is 18.0 Å². The first-order valence-electron chi connectivity index (χ1n) is 8.72. The Balaban J connectivity index is 1.74. The zero-order chi connectivity index (χ0) is 19.1. The van der Waals surface area contributed by atoms with E-state index in [-0.39, 0.29) is 23.2 Å². The summed E-state index contributed by atoms with van der Waals surface area (Å²) in [6.45, 7) is 0.475. The minimum Gasteiger partial charge on any atom is -0.352 e. The fourth-order valence-corrected chi connectivity index (χ4v) is 3.89. The molecule has 27 heavy (non-hydrogen) atoms. The Kier molecular flexibility index (Phi) is 4.30. The molecule has 1 aromatic heterocycles. The number of rotatable bonds is 4. The van der Waals surface area contributed by atoms with Gasteiger partial charge in [-0.3, -0.25) is 0 Å². The summed E-state index contributed by atoms with van der Waals surface area (Å²) in [5.41, 5.74) is 7.54. The normalized spacial score (nSPS) is 19.1. The lowest BCUT2D eigenvalue weighted by Crippen LogP contribution is -2.38. The molecule has 7 heteroatoms. The van der Waals surface area contributed by atoms with E-state index in [1.165, 1.54) is 18.2 Å². The fraction of sp³-hybridized carbons (Fsp3) is 0.250. The van der Waals surface area contributed by atoms with Crippen LogP contribution in [0.25, 0.3) is 22.2 Å². The summed E-state index contributed by atoms with van der Waals surface area (Å²) >= 11 is 0. The Morgan fingerprint density at radius 2 is 1.81 bits per heavy atom. The van der Waals surface area contributed by atoms with E-state index in [1.807, 2.05) is 0 Å². The summed E-state index contributed by atoms with van der Waals surface area (Å²) in [7, 11) is 0. The van der Waals surface area contributed by atoms with Crippen molar-refractivity contribution < 1.29 is 18.0 Å². The van der Waals surface area contributed by atoms with Crippen molar-refractivity contribution >= 4 is 16.9 Å². The van der Waals surface area contributed by atoms with Crippen molar-refractivity contribution in [1.82, 2.24) is 10.3 Å². The summed E-state index contributed by atoms with van der Waals surface area (Å²) < 4.78 is 41.4. The molecule has 1 saturated carbocycles. The molecule has 1 heterocycles. The maximum absolute atomic E-state index is 14.3. The second-order valence-corrected chi connectivity index (χ2v) is 7.01. The standard InChI is InChI=1S/C20H18F3N3O/c21-13-3-1-11(2-4-13)18-17(12-5-10(6-12)9-25-20(24)27)15-7-14(22)8-16(23)19(15)26-18/h1-4,7-8,10,12,26H,5-6,9H2,(H3,24,25,27)/t10-,12-. The fourth-order valence-electron chi connectivity index (χ4n) is 3.89. The maximum atomic E-state index is 14.3. The second kappa shape index (κ2) is 6.64. The van der Waals surface area contributed by atoms with E-state index in [9.17, 15) is 18.0 Å². The summed E-state index contributed by atoms with van der Waals surface area (Å²) in [6, 6.07) is 7.50. The molecule has 4 nitrogen and oxygen atoms in total. The maximum Gasteiger partial charge on any atom is 0.312 e. The predicted octanol–water partition coefficient (Wildman–Crippen LogP) is 4.41. The lowest BCUT2D eigenvalue weighted by atomic mass is 9.70. The van der Waals surface area contributed by atoms with Crippen LogP contribution in [0.5, 0.6) is 0 Å². The van der Waals surface area contributed by atoms with Crippen LogP contribution in [0.3, 0.4) is 0 Å². The number of aromatic amines is 1. The largest absolute Gasteiger partial charge is 0.352 e. The number of amides is 2. The van der Waals surface area contributed by atoms with E-state index in [0.717, 1.165) is 24.5 Å². The van der Waals surface area contributed by atoms with E-state index >= 15 is 0 Å². The second-order valence-electron chi connectivity index (χ2n) is 7.01. The molecule has 4 rings (SSSR count). The van der Waals surface area contributed by atoms with Gasteiger partial charge in [0.15, 0.2) is 0 Å². The van der Waals surface area contributed by atoms with Crippen molar-refractivity contribution in [2.45, 2.75) is 18.8 Å². The van der Waals surface area contributed by atoms with Crippen LogP contribution in [-0.2, 0) is 0 Å². The molecule has 0 aliphatic heterocycles. The van der Waals surface area contributed by atoms with Gasteiger partial charge >= 0.3 is 6.03 Å². The molecular weight excluding hydrogens is 355 g/mol. The molecule has 0 radical (unpaired) electrons. The Bertz CT molecular complexity index is 1010. The SMILES string of the molecule is NC(=O)NC[C@H]1C[C@H](c2c(-c3ccc(F)cc3)[nH]c3c(F)cc(F)cc32)C1. The summed E-state index contributed by atoms with van der Waals surface area (Å²) in [5.74, 6) is -1.33. The van der Waals surface area contributed by atoms with Gasteiger partial charge in [-0.1, -0.05) is 0 Å². The van der Waals surface area contributed by atoms with Crippen LogP contribution >= 0.6 is 0 Å². The smallest absolute Gasteiger partial charge is 0.312 e. The van der Waals surface area contributed by atoms with Gasteiger partial charge in [0.05, 0.1) is 11.2 Å². The minimum atomic E-state index is -0.661.